The van der Waals surface area contributed by atoms with Crippen molar-refractivity contribution in [1.82, 2.24) is 29.9 Å². The number of hydrogen-bond donors (Lipinski definition) is 1. The van der Waals surface area contributed by atoms with Crippen molar-refractivity contribution in [3.8, 4) is 0 Å². The van der Waals surface area contributed by atoms with Gasteiger partial charge in [-0.1, -0.05) is 37.3 Å². The maximum absolute atomic E-state index is 12.9. The molecule has 0 fully saturated rings. The summed E-state index contributed by atoms with van der Waals surface area (Å²) < 4.78 is 2.16. The van der Waals surface area contributed by atoms with Crippen molar-refractivity contribution in [3.05, 3.63) is 64.5 Å². The van der Waals surface area contributed by atoms with Crippen molar-refractivity contribution < 1.29 is 4.79 Å². The van der Waals surface area contributed by atoms with E-state index < -0.39 is 0 Å². The number of amides is 1. The standard InChI is InChI=1S/C20H24N6O/c1-3-16-14(2)19(24-21-16)20(27)25-10-9-17-22-23-18(26(17)12-11-25)13-15-7-5-4-6-8-15/h4-8H,3,9-13H2,1-2H3,(H,21,24). The van der Waals surface area contributed by atoms with Crippen molar-refractivity contribution in [2.24, 2.45) is 0 Å². The topological polar surface area (TPSA) is 79.7 Å². The van der Waals surface area contributed by atoms with Gasteiger partial charge in [-0.3, -0.25) is 9.89 Å². The number of fused-ring (bicyclic) bond motifs is 1. The fourth-order valence-corrected chi connectivity index (χ4v) is 3.63. The fourth-order valence-electron chi connectivity index (χ4n) is 3.63. The van der Waals surface area contributed by atoms with Crippen LogP contribution < -0.4 is 0 Å². The van der Waals surface area contributed by atoms with E-state index in [0.717, 1.165) is 35.7 Å². The smallest absolute Gasteiger partial charge is 0.274 e. The molecule has 1 aliphatic heterocycles. The van der Waals surface area contributed by atoms with E-state index in [1.165, 1.54) is 5.56 Å². The minimum Gasteiger partial charge on any atom is -0.335 e. The van der Waals surface area contributed by atoms with Gasteiger partial charge in [0.1, 0.15) is 11.6 Å². The van der Waals surface area contributed by atoms with Crippen LogP contribution in [-0.2, 0) is 25.8 Å². The lowest BCUT2D eigenvalue weighted by atomic mass is 10.1. The molecule has 27 heavy (non-hydrogen) atoms. The first-order valence-electron chi connectivity index (χ1n) is 9.45. The van der Waals surface area contributed by atoms with Gasteiger partial charge in [-0.05, 0) is 18.9 Å². The summed E-state index contributed by atoms with van der Waals surface area (Å²) in [5.74, 6) is 1.89. The van der Waals surface area contributed by atoms with Gasteiger partial charge in [0.25, 0.3) is 5.91 Å². The quantitative estimate of drug-likeness (QED) is 0.769. The number of aromatic nitrogens is 5. The molecule has 0 aliphatic carbocycles. The second-order valence-electron chi connectivity index (χ2n) is 6.92. The molecule has 0 saturated carbocycles. The number of aromatic amines is 1. The molecule has 4 rings (SSSR count). The molecule has 0 saturated heterocycles. The van der Waals surface area contributed by atoms with Gasteiger partial charge >= 0.3 is 0 Å². The Bertz CT molecular complexity index is 943. The van der Waals surface area contributed by atoms with Gasteiger partial charge in [-0.25, -0.2) is 0 Å². The number of rotatable bonds is 4. The summed E-state index contributed by atoms with van der Waals surface area (Å²) in [5, 5.41) is 16.0. The number of H-pyrrole nitrogens is 1. The van der Waals surface area contributed by atoms with E-state index in [1.54, 1.807) is 0 Å². The Morgan fingerprint density at radius 1 is 1.15 bits per heavy atom. The molecule has 3 aromatic rings. The predicted octanol–water partition coefficient (Wildman–Crippen LogP) is 2.16. The first kappa shape index (κ1) is 17.5. The Kier molecular flexibility index (Phi) is 4.75. The van der Waals surface area contributed by atoms with Crippen molar-refractivity contribution in [1.29, 1.82) is 0 Å². The van der Waals surface area contributed by atoms with E-state index in [2.05, 4.69) is 44.0 Å². The number of carbonyl (C=O) groups is 1. The first-order valence-corrected chi connectivity index (χ1v) is 9.45. The Labute approximate surface area is 158 Å². The molecule has 3 heterocycles. The highest BCUT2D eigenvalue weighted by Gasteiger charge is 2.25. The van der Waals surface area contributed by atoms with E-state index in [4.69, 9.17) is 0 Å². The monoisotopic (exact) mass is 364 g/mol. The molecule has 7 nitrogen and oxygen atoms in total. The Balaban J connectivity index is 1.50. The third-order valence-corrected chi connectivity index (χ3v) is 5.26. The lowest BCUT2D eigenvalue weighted by Crippen LogP contribution is -2.34. The van der Waals surface area contributed by atoms with Crippen LogP contribution in [0.15, 0.2) is 30.3 Å². The normalized spacial score (nSPS) is 14.1. The van der Waals surface area contributed by atoms with Gasteiger partial charge in [0, 0.05) is 43.7 Å². The molecule has 1 aromatic carbocycles. The molecule has 2 aromatic heterocycles. The zero-order valence-corrected chi connectivity index (χ0v) is 15.8. The van der Waals surface area contributed by atoms with Gasteiger partial charge in [0.2, 0.25) is 0 Å². The maximum Gasteiger partial charge on any atom is 0.274 e. The van der Waals surface area contributed by atoms with Gasteiger partial charge in [0.15, 0.2) is 5.69 Å². The van der Waals surface area contributed by atoms with E-state index in [-0.39, 0.29) is 5.91 Å². The van der Waals surface area contributed by atoms with Crippen molar-refractivity contribution >= 4 is 5.91 Å². The number of carbonyl (C=O) groups excluding carboxylic acids is 1. The summed E-state index contributed by atoms with van der Waals surface area (Å²) in [6.07, 6.45) is 2.30. The van der Waals surface area contributed by atoms with Crippen molar-refractivity contribution in [2.75, 3.05) is 13.1 Å². The van der Waals surface area contributed by atoms with E-state index in [9.17, 15) is 4.79 Å². The van der Waals surface area contributed by atoms with Crippen molar-refractivity contribution in [2.45, 2.75) is 39.7 Å². The summed E-state index contributed by atoms with van der Waals surface area (Å²) in [7, 11) is 0. The van der Waals surface area contributed by atoms with Crippen LogP contribution in [0, 0.1) is 6.92 Å². The van der Waals surface area contributed by atoms with Crippen LogP contribution in [0.1, 0.15) is 45.9 Å². The Morgan fingerprint density at radius 2 is 1.96 bits per heavy atom. The molecule has 140 valence electrons. The van der Waals surface area contributed by atoms with E-state index >= 15 is 0 Å². The van der Waals surface area contributed by atoms with Crippen LogP contribution in [-0.4, -0.2) is 48.9 Å². The molecular formula is C20H24N6O. The average Bonchev–Trinajstić information content (AvgIpc) is 3.17. The largest absolute Gasteiger partial charge is 0.335 e. The summed E-state index contributed by atoms with van der Waals surface area (Å²) in [6, 6.07) is 10.3. The number of nitrogens with one attached hydrogen (secondary N) is 1. The maximum atomic E-state index is 12.9. The second-order valence-corrected chi connectivity index (χ2v) is 6.92. The highest BCUT2D eigenvalue weighted by atomic mass is 16.2. The molecule has 1 amide bonds. The number of aryl methyl sites for hydroxylation is 1. The number of nitrogens with zero attached hydrogens (tertiary/aromatic N) is 5. The lowest BCUT2D eigenvalue weighted by molar-refractivity contribution is 0.0752. The van der Waals surface area contributed by atoms with Gasteiger partial charge < -0.3 is 9.47 Å². The van der Waals surface area contributed by atoms with Crippen LogP contribution in [0.3, 0.4) is 0 Å². The summed E-state index contributed by atoms with van der Waals surface area (Å²) in [5.41, 5.74) is 3.73. The highest BCUT2D eigenvalue weighted by molar-refractivity contribution is 5.94. The molecule has 0 unspecified atom stereocenters. The van der Waals surface area contributed by atoms with Crippen molar-refractivity contribution in [3.63, 3.8) is 0 Å². The summed E-state index contributed by atoms with van der Waals surface area (Å²) >= 11 is 0. The first-order chi connectivity index (χ1) is 13.2. The highest BCUT2D eigenvalue weighted by Crippen LogP contribution is 2.17. The Morgan fingerprint density at radius 3 is 2.70 bits per heavy atom. The molecular weight excluding hydrogens is 340 g/mol. The fraction of sp³-hybridized carbons (Fsp3) is 0.400. The van der Waals surface area contributed by atoms with E-state index in [1.807, 2.05) is 30.0 Å². The molecule has 1 aliphatic rings. The third-order valence-electron chi connectivity index (χ3n) is 5.26. The van der Waals surface area contributed by atoms with Gasteiger partial charge in [0.05, 0.1) is 0 Å². The summed E-state index contributed by atoms with van der Waals surface area (Å²) in [6.45, 7) is 6.00. The number of benzene rings is 1. The summed E-state index contributed by atoms with van der Waals surface area (Å²) in [4.78, 5) is 14.8. The zero-order valence-electron chi connectivity index (χ0n) is 15.8. The predicted molar refractivity (Wildman–Crippen MR) is 102 cm³/mol. The van der Waals surface area contributed by atoms with Gasteiger partial charge in [-0.2, -0.15) is 5.10 Å². The second kappa shape index (κ2) is 7.34. The zero-order chi connectivity index (χ0) is 18.8. The SMILES string of the molecule is CCc1[nH]nc(C(=O)N2CCc3nnc(Cc4ccccc4)n3CC2)c1C. The molecule has 0 spiro atoms. The molecule has 0 atom stereocenters. The third kappa shape index (κ3) is 3.37. The van der Waals surface area contributed by atoms with Crippen LogP contribution in [0.2, 0.25) is 0 Å². The lowest BCUT2D eigenvalue weighted by Gasteiger charge is -2.19. The molecule has 1 N–H and O–H groups in total. The van der Waals surface area contributed by atoms with Crippen LogP contribution >= 0.6 is 0 Å². The molecule has 0 radical (unpaired) electrons. The Hall–Kier alpha value is -2.96. The molecule has 7 heteroatoms. The minimum absolute atomic E-state index is 0.00762. The average molecular weight is 364 g/mol. The van der Waals surface area contributed by atoms with Crippen LogP contribution in [0.5, 0.6) is 0 Å². The number of hydrogen-bond acceptors (Lipinski definition) is 4. The minimum atomic E-state index is -0.00762. The van der Waals surface area contributed by atoms with Crippen LogP contribution in [0.4, 0.5) is 0 Å². The molecule has 0 bridgehead atoms. The van der Waals surface area contributed by atoms with Crippen LogP contribution in [0.25, 0.3) is 0 Å². The van der Waals surface area contributed by atoms with Gasteiger partial charge in [-0.15, -0.1) is 10.2 Å². The van der Waals surface area contributed by atoms with E-state index in [0.29, 0.717) is 31.7 Å².